The summed E-state index contributed by atoms with van der Waals surface area (Å²) in [7, 11) is 0. The van der Waals surface area contributed by atoms with E-state index in [1.165, 1.54) is 10.4 Å². The van der Waals surface area contributed by atoms with Crippen molar-refractivity contribution in [2.24, 2.45) is 11.3 Å². The molecule has 0 saturated carbocycles. The number of para-hydroxylation sites is 1. The summed E-state index contributed by atoms with van der Waals surface area (Å²) in [5.41, 5.74) is 3.47. The Labute approximate surface area is 200 Å². The lowest BCUT2D eigenvalue weighted by molar-refractivity contribution is 0.218. The van der Waals surface area contributed by atoms with Gasteiger partial charge in [0.15, 0.2) is 5.16 Å². The molecule has 1 atom stereocenters. The van der Waals surface area contributed by atoms with E-state index < -0.39 is 0 Å². The van der Waals surface area contributed by atoms with Crippen molar-refractivity contribution in [3.8, 4) is 5.69 Å². The van der Waals surface area contributed by atoms with Gasteiger partial charge in [0, 0.05) is 16.0 Å². The van der Waals surface area contributed by atoms with E-state index >= 15 is 0 Å². The Morgan fingerprint density at radius 1 is 1.19 bits per heavy atom. The van der Waals surface area contributed by atoms with E-state index in [0.29, 0.717) is 11.7 Å². The van der Waals surface area contributed by atoms with Crippen LogP contribution in [0.5, 0.6) is 0 Å². The van der Waals surface area contributed by atoms with Crippen LogP contribution in [0.4, 0.5) is 0 Å². The minimum Gasteiger partial charge on any atom is -0.268 e. The molecule has 3 aromatic heterocycles. The topological polar surface area (TPSA) is 47.8 Å². The second-order valence-electron chi connectivity index (χ2n) is 9.51. The maximum Gasteiger partial charge on any atom is 0.267 e. The largest absolute Gasteiger partial charge is 0.268 e. The van der Waals surface area contributed by atoms with Gasteiger partial charge >= 0.3 is 0 Å². The highest BCUT2D eigenvalue weighted by atomic mass is 32.2. The summed E-state index contributed by atoms with van der Waals surface area (Å²) in [4.78, 5) is 25.8. The molecule has 4 nitrogen and oxygen atoms in total. The molecule has 166 valence electrons. The molecule has 0 fully saturated rings. The number of fused-ring (bicyclic) bond motifs is 3. The first kappa shape index (κ1) is 21.9. The van der Waals surface area contributed by atoms with E-state index in [2.05, 4.69) is 31.1 Å². The smallest absolute Gasteiger partial charge is 0.267 e. The number of benzene rings is 1. The molecule has 1 aliphatic rings. The number of thiazole rings is 1. The van der Waals surface area contributed by atoms with E-state index in [-0.39, 0.29) is 11.0 Å². The number of nitrogens with zero attached hydrogens (tertiary/aromatic N) is 3. The van der Waals surface area contributed by atoms with Gasteiger partial charge in [-0.2, -0.15) is 0 Å². The lowest BCUT2D eigenvalue weighted by Crippen LogP contribution is -2.27. The summed E-state index contributed by atoms with van der Waals surface area (Å²) < 4.78 is 1.80. The summed E-state index contributed by atoms with van der Waals surface area (Å²) >= 11 is 4.97. The number of hydrogen-bond donors (Lipinski definition) is 0. The van der Waals surface area contributed by atoms with Crippen molar-refractivity contribution in [2.45, 2.75) is 57.9 Å². The second kappa shape index (κ2) is 8.43. The van der Waals surface area contributed by atoms with Crippen LogP contribution in [-0.4, -0.2) is 14.5 Å². The lowest BCUT2D eigenvalue weighted by atomic mass is 9.72. The zero-order valence-electron chi connectivity index (χ0n) is 18.8. The van der Waals surface area contributed by atoms with E-state index in [1.54, 1.807) is 39.0 Å². The molecule has 0 spiro atoms. The Balaban J connectivity index is 1.63. The molecule has 0 radical (unpaired) electrons. The van der Waals surface area contributed by atoms with Crippen molar-refractivity contribution in [3.05, 3.63) is 67.2 Å². The highest BCUT2D eigenvalue weighted by molar-refractivity contribution is 7.98. The quantitative estimate of drug-likeness (QED) is 0.242. The summed E-state index contributed by atoms with van der Waals surface area (Å²) in [6.45, 7) is 8.99. The van der Waals surface area contributed by atoms with Crippen LogP contribution >= 0.6 is 34.4 Å². The molecular weight excluding hydrogens is 454 g/mol. The highest BCUT2D eigenvalue weighted by Gasteiger charge is 2.32. The third kappa shape index (κ3) is 4.06. The van der Waals surface area contributed by atoms with Crippen molar-refractivity contribution < 1.29 is 0 Å². The summed E-state index contributed by atoms with van der Waals surface area (Å²) in [6, 6.07) is 9.90. The Morgan fingerprint density at radius 2 is 1.97 bits per heavy atom. The van der Waals surface area contributed by atoms with Gasteiger partial charge in [-0.3, -0.25) is 9.36 Å². The molecule has 0 saturated heterocycles. The van der Waals surface area contributed by atoms with Crippen LogP contribution < -0.4 is 5.56 Å². The number of thiophene rings is 1. The Bertz CT molecular complexity index is 1330. The van der Waals surface area contributed by atoms with Crippen LogP contribution in [0.3, 0.4) is 0 Å². The molecule has 5 rings (SSSR count). The molecule has 1 aliphatic carbocycles. The fourth-order valence-electron chi connectivity index (χ4n) is 4.46. The van der Waals surface area contributed by atoms with E-state index in [1.807, 2.05) is 37.3 Å². The third-order valence-corrected chi connectivity index (χ3v) is 9.25. The SMILES string of the molecule is Cc1nc(CSc2nc3sc4c(c3c(=O)n2-c2ccccc2)CCC(C(C)(C)C)C4)cs1. The van der Waals surface area contributed by atoms with Crippen molar-refractivity contribution in [1.29, 1.82) is 0 Å². The molecule has 4 aromatic rings. The van der Waals surface area contributed by atoms with Crippen molar-refractivity contribution >= 4 is 44.7 Å². The molecule has 0 N–H and O–H groups in total. The number of aromatic nitrogens is 3. The van der Waals surface area contributed by atoms with Gasteiger partial charge in [0.2, 0.25) is 0 Å². The monoisotopic (exact) mass is 481 g/mol. The standard InChI is InChI=1S/C25H27N3OS3/c1-15-26-17(13-30-15)14-31-24-27-22-21(23(29)28(24)18-8-6-5-7-9-18)19-11-10-16(25(2,3)4)12-20(19)32-22/h5-9,13,16H,10-12,14H2,1-4H3. The molecular formula is C25H27N3OS3. The molecule has 7 heteroatoms. The van der Waals surface area contributed by atoms with E-state index in [4.69, 9.17) is 4.98 Å². The normalized spacial score (nSPS) is 16.4. The minimum absolute atomic E-state index is 0.0601. The summed E-state index contributed by atoms with van der Waals surface area (Å²) in [5, 5.41) is 4.71. The average molecular weight is 482 g/mol. The van der Waals surface area contributed by atoms with Crippen molar-refractivity contribution in [1.82, 2.24) is 14.5 Å². The van der Waals surface area contributed by atoms with Crippen LogP contribution in [0, 0.1) is 18.3 Å². The van der Waals surface area contributed by atoms with Gasteiger partial charge in [-0.05, 0) is 55.2 Å². The molecule has 1 aromatic carbocycles. The van der Waals surface area contributed by atoms with Gasteiger partial charge in [0.05, 0.1) is 21.8 Å². The predicted octanol–water partition coefficient (Wildman–Crippen LogP) is 6.66. The van der Waals surface area contributed by atoms with Crippen LogP contribution in [0.25, 0.3) is 15.9 Å². The van der Waals surface area contributed by atoms with Crippen LogP contribution in [0.1, 0.15) is 48.3 Å². The number of hydrogen-bond acceptors (Lipinski definition) is 6. The number of thioether (sulfide) groups is 1. The second-order valence-corrected chi connectivity index (χ2v) is 12.6. The van der Waals surface area contributed by atoms with E-state index in [9.17, 15) is 4.79 Å². The fraction of sp³-hybridized carbons (Fsp3) is 0.400. The first-order chi connectivity index (χ1) is 15.3. The van der Waals surface area contributed by atoms with Gasteiger partial charge in [-0.15, -0.1) is 22.7 Å². The first-order valence-electron chi connectivity index (χ1n) is 11.0. The summed E-state index contributed by atoms with van der Waals surface area (Å²) in [6.07, 6.45) is 3.14. The lowest BCUT2D eigenvalue weighted by Gasteiger charge is -2.33. The van der Waals surface area contributed by atoms with Crippen LogP contribution in [-0.2, 0) is 18.6 Å². The molecule has 0 aliphatic heterocycles. The number of aryl methyl sites for hydroxylation is 2. The molecule has 32 heavy (non-hydrogen) atoms. The third-order valence-electron chi connectivity index (χ3n) is 6.31. The zero-order chi connectivity index (χ0) is 22.5. The molecule has 3 heterocycles. The van der Waals surface area contributed by atoms with Gasteiger partial charge in [-0.1, -0.05) is 50.7 Å². The van der Waals surface area contributed by atoms with E-state index in [0.717, 1.165) is 51.0 Å². The van der Waals surface area contributed by atoms with Crippen LogP contribution in [0.2, 0.25) is 0 Å². The van der Waals surface area contributed by atoms with Gasteiger partial charge in [0.1, 0.15) is 4.83 Å². The highest BCUT2D eigenvalue weighted by Crippen LogP contribution is 2.42. The maximum atomic E-state index is 13.9. The van der Waals surface area contributed by atoms with Gasteiger partial charge in [0.25, 0.3) is 5.56 Å². The van der Waals surface area contributed by atoms with Crippen LogP contribution in [0.15, 0.2) is 45.7 Å². The molecule has 0 bridgehead atoms. The van der Waals surface area contributed by atoms with Gasteiger partial charge < -0.3 is 0 Å². The molecule has 0 amide bonds. The maximum absolute atomic E-state index is 13.9. The Morgan fingerprint density at radius 3 is 2.66 bits per heavy atom. The number of rotatable bonds is 4. The minimum atomic E-state index is 0.0601. The van der Waals surface area contributed by atoms with Crippen molar-refractivity contribution in [2.75, 3.05) is 0 Å². The predicted molar refractivity (Wildman–Crippen MR) is 137 cm³/mol. The van der Waals surface area contributed by atoms with Crippen molar-refractivity contribution in [3.63, 3.8) is 0 Å². The Hall–Kier alpha value is -1.96. The summed E-state index contributed by atoms with van der Waals surface area (Å²) in [5.74, 6) is 1.34. The average Bonchev–Trinajstić information content (AvgIpc) is 3.34. The fourth-order valence-corrected chi connectivity index (χ4v) is 7.42. The Kier molecular flexibility index (Phi) is 5.76. The zero-order valence-corrected chi connectivity index (χ0v) is 21.3. The van der Waals surface area contributed by atoms with Gasteiger partial charge in [-0.25, -0.2) is 9.97 Å². The first-order valence-corrected chi connectivity index (χ1v) is 13.7. The molecule has 1 unspecified atom stereocenters.